The van der Waals surface area contributed by atoms with Crippen molar-refractivity contribution in [1.82, 2.24) is 0 Å². The highest BCUT2D eigenvalue weighted by atomic mass is 28.4. The van der Waals surface area contributed by atoms with Crippen LogP contribution in [0.15, 0.2) is 0 Å². The monoisotopic (exact) mass is 378 g/mol. The average Bonchev–Trinajstić information content (AvgIpc) is 2.54. The molecule has 0 radical (unpaired) electrons. The van der Waals surface area contributed by atoms with Crippen LogP contribution in [0.2, 0.25) is 18.1 Å². The summed E-state index contributed by atoms with van der Waals surface area (Å²) in [7, 11) is -0.535. The minimum atomic E-state index is -1.94. The van der Waals surface area contributed by atoms with Crippen molar-refractivity contribution in [1.29, 1.82) is 0 Å². The highest BCUT2D eigenvalue weighted by Gasteiger charge is 2.43. The van der Waals surface area contributed by atoms with Crippen molar-refractivity contribution in [2.24, 2.45) is 0 Å². The Bertz CT molecular complexity index is 731. The summed E-state index contributed by atoms with van der Waals surface area (Å²) < 4.78 is 17.8. The van der Waals surface area contributed by atoms with Crippen LogP contribution >= 0.6 is 0 Å². The van der Waals surface area contributed by atoms with E-state index in [-0.39, 0.29) is 11.0 Å². The third-order valence-electron chi connectivity index (χ3n) is 6.27. The number of benzene rings is 1. The van der Waals surface area contributed by atoms with Crippen molar-refractivity contribution in [2.75, 3.05) is 7.11 Å². The molecule has 26 heavy (non-hydrogen) atoms. The Morgan fingerprint density at radius 2 is 1.69 bits per heavy atom. The first-order valence-electron chi connectivity index (χ1n) is 9.34. The molecule has 0 aliphatic carbocycles. The van der Waals surface area contributed by atoms with E-state index in [0.717, 1.165) is 40.2 Å². The predicted octanol–water partition coefficient (Wildman–Crippen LogP) is 5.25. The van der Waals surface area contributed by atoms with Crippen LogP contribution in [0.3, 0.4) is 0 Å². The van der Waals surface area contributed by atoms with Gasteiger partial charge in [-0.25, -0.2) is 4.79 Å². The molecule has 0 bridgehead atoms. The molecule has 1 atom stereocenters. The van der Waals surface area contributed by atoms with Crippen molar-refractivity contribution < 1.29 is 18.7 Å². The number of esters is 1. The topological polar surface area (TPSA) is 44.8 Å². The molecule has 0 fully saturated rings. The molecule has 0 spiro atoms. The molecule has 1 aliphatic heterocycles. The smallest absolute Gasteiger partial charge is 0.349 e. The fraction of sp³-hybridized carbons (Fsp3) is 0.667. The maximum atomic E-state index is 12.2. The van der Waals surface area contributed by atoms with E-state index in [2.05, 4.69) is 54.6 Å². The first kappa shape index (κ1) is 20.8. The minimum Gasteiger partial charge on any atom is -0.543 e. The summed E-state index contributed by atoms with van der Waals surface area (Å²) in [6, 6.07) is 0. The number of carbonyl (C=O) groups is 1. The van der Waals surface area contributed by atoms with Gasteiger partial charge in [-0.2, -0.15) is 0 Å². The van der Waals surface area contributed by atoms with E-state index in [1.165, 1.54) is 7.11 Å². The molecule has 0 saturated heterocycles. The third-order valence-corrected chi connectivity index (χ3v) is 10.6. The molecule has 1 aliphatic rings. The molecule has 5 heteroatoms. The van der Waals surface area contributed by atoms with Gasteiger partial charge in [0.15, 0.2) is 0 Å². The minimum absolute atomic E-state index is 0.135. The number of hydrogen-bond acceptors (Lipinski definition) is 4. The van der Waals surface area contributed by atoms with Crippen molar-refractivity contribution in [3.63, 3.8) is 0 Å². The lowest BCUT2D eigenvalue weighted by molar-refractivity contribution is -0.159. The van der Waals surface area contributed by atoms with Crippen LogP contribution in [-0.2, 0) is 16.0 Å². The van der Waals surface area contributed by atoms with Gasteiger partial charge in [0.25, 0.3) is 8.32 Å². The fourth-order valence-electron chi connectivity index (χ4n) is 3.16. The van der Waals surface area contributed by atoms with Crippen LogP contribution in [0.5, 0.6) is 11.5 Å². The summed E-state index contributed by atoms with van der Waals surface area (Å²) in [5.74, 6) is 1.50. The second-order valence-corrected chi connectivity index (χ2v) is 13.9. The highest BCUT2D eigenvalue weighted by Crippen LogP contribution is 2.46. The Hall–Kier alpha value is -1.49. The van der Waals surface area contributed by atoms with Gasteiger partial charge in [-0.3, -0.25) is 0 Å². The summed E-state index contributed by atoms with van der Waals surface area (Å²) >= 11 is 0. The molecular weight excluding hydrogens is 344 g/mol. The predicted molar refractivity (Wildman–Crippen MR) is 108 cm³/mol. The molecule has 146 valence electrons. The Morgan fingerprint density at radius 3 is 2.19 bits per heavy atom. The number of ether oxygens (including phenoxy) is 2. The summed E-state index contributed by atoms with van der Waals surface area (Å²) in [6.07, 6.45) is 1.39. The Kier molecular flexibility index (Phi) is 5.28. The van der Waals surface area contributed by atoms with Crippen LogP contribution in [0.4, 0.5) is 0 Å². The number of methoxy groups -OCH3 is 1. The van der Waals surface area contributed by atoms with Crippen molar-refractivity contribution in [2.45, 2.75) is 85.0 Å². The zero-order valence-electron chi connectivity index (χ0n) is 18.0. The van der Waals surface area contributed by atoms with Crippen LogP contribution in [0.1, 0.15) is 56.4 Å². The van der Waals surface area contributed by atoms with Gasteiger partial charge < -0.3 is 13.9 Å². The van der Waals surface area contributed by atoms with Crippen molar-refractivity contribution in [3.05, 3.63) is 22.3 Å². The summed E-state index contributed by atoms with van der Waals surface area (Å²) in [5.41, 5.74) is 3.52. The number of carbonyl (C=O) groups excluding carboxylic acids is 1. The maximum Gasteiger partial charge on any atom is 0.349 e. The Morgan fingerprint density at radius 1 is 1.12 bits per heavy atom. The second-order valence-electron chi connectivity index (χ2n) is 9.20. The third kappa shape index (κ3) is 3.38. The van der Waals surface area contributed by atoms with Crippen LogP contribution in [-0.4, -0.2) is 27.0 Å². The molecule has 0 aromatic heterocycles. The first-order chi connectivity index (χ1) is 11.7. The van der Waals surface area contributed by atoms with Crippen LogP contribution < -0.4 is 9.16 Å². The average molecular weight is 379 g/mol. The summed E-state index contributed by atoms with van der Waals surface area (Å²) in [5, 5.41) is 0.135. The van der Waals surface area contributed by atoms with Crippen molar-refractivity contribution in [3.8, 4) is 11.5 Å². The Balaban J connectivity index is 2.53. The van der Waals surface area contributed by atoms with Gasteiger partial charge in [0.2, 0.25) is 5.60 Å². The number of rotatable bonds is 3. The molecule has 2 rings (SSSR count). The van der Waals surface area contributed by atoms with Gasteiger partial charge in [-0.1, -0.05) is 20.8 Å². The van der Waals surface area contributed by atoms with E-state index < -0.39 is 13.9 Å². The number of fused-ring (bicyclic) bond motifs is 1. The van der Waals surface area contributed by atoms with Crippen LogP contribution in [0.25, 0.3) is 0 Å². The van der Waals surface area contributed by atoms with Gasteiger partial charge in [0.05, 0.1) is 7.11 Å². The van der Waals surface area contributed by atoms with Gasteiger partial charge >= 0.3 is 5.97 Å². The number of hydrogen-bond donors (Lipinski definition) is 0. The SMILES string of the molecule is COC(=O)[C@]1(C)CCc2c(C)c(O[Si](C)(C)C(C)(C)C)c(C)c(C)c2O1. The highest BCUT2D eigenvalue weighted by molar-refractivity contribution is 6.74. The zero-order valence-corrected chi connectivity index (χ0v) is 19.0. The summed E-state index contributed by atoms with van der Waals surface area (Å²) in [4.78, 5) is 12.2. The van der Waals surface area contributed by atoms with E-state index in [1.807, 2.05) is 6.92 Å². The van der Waals surface area contributed by atoms with E-state index in [4.69, 9.17) is 13.9 Å². The van der Waals surface area contributed by atoms with Crippen molar-refractivity contribution >= 4 is 14.3 Å². The molecule has 0 unspecified atom stereocenters. The molecule has 0 saturated carbocycles. The van der Waals surface area contributed by atoms with E-state index in [0.29, 0.717) is 6.42 Å². The molecule has 0 amide bonds. The summed E-state index contributed by atoms with van der Waals surface area (Å²) in [6.45, 7) is 19.3. The lowest BCUT2D eigenvalue weighted by atomic mass is 9.87. The normalized spacial score (nSPS) is 20.2. The van der Waals surface area contributed by atoms with Gasteiger partial charge in [0, 0.05) is 12.0 Å². The Labute approximate surface area is 159 Å². The fourth-order valence-corrected chi connectivity index (χ4v) is 4.28. The molecule has 1 aromatic carbocycles. The molecule has 1 heterocycles. The van der Waals surface area contributed by atoms with E-state index in [9.17, 15) is 4.79 Å². The quantitative estimate of drug-likeness (QED) is 0.532. The molecule has 4 nitrogen and oxygen atoms in total. The largest absolute Gasteiger partial charge is 0.543 e. The van der Waals surface area contributed by atoms with Crippen LogP contribution in [0, 0.1) is 20.8 Å². The zero-order chi connectivity index (χ0) is 20.1. The molecule has 1 aromatic rings. The lowest BCUT2D eigenvalue weighted by Crippen LogP contribution is -2.46. The molecular formula is C21H34O4Si. The van der Waals surface area contributed by atoms with Gasteiger partial charge in [0.1, 0.15) is 11.5 Å². The van der Waals surface area contributed by atoms with Gasteiger partial charge in [-0.05, 0) is 68.9 Å². The second kappa shape index (κ2) is 6.59. The lowest BCUT2D eigenvalue weighted by Gasteiger charge is -2.40. The molecule has 0 N–H and O–H groups in total. The standard InChI is InChI=1S/C21H34O4Si/c1-13-14(2)18-16(11-12-21(7,24-18)19(22)23-8)15(3)17(13)25-26(9,10)20(4,5)6/h11-12H2,1-10H3/t21-/m0/s1. The van der Waals surface area contributed by atoms with E-state index in [1.54, 1.807) is 0 Å². The maximum absolute atomic E-state index is 12.2. The van der Waals surface area contributed by atoms with Gasteiger partial charge in [-0.15, -0.1) is 0 Å². The first-order valence-corrected chi connectivity index (χ1v) is 12.2. The van der Waals surface area contributed by atoms with E-state index >= 15 is 0 Å².